The van der Waals surface area contributed by atoms with E-state index in [-0.39, 0.29) is 0 Å². The standard InChI is InChI=1S/C8H13NOS/c10-9-8-5-6-1-3-7(11-8)4-2-6/h6-7,10H,1-5H2. The van der Waals surface area contributed by atoms with Crippen LogP contribution in [0.5, 0.6) is 0 Å². The zero-order valence-corrected chi connectivity index (χ0v) is 7.31. The molecule has 0 radical (unpaired) electrons. The van der Waals surface area contributed by atoms with Crippen molar-refractivity contribution in [1.29, 1.82) is 0 Å². The van der Waals surface area contributed by atoms with E-state index in [2.05, 4.69) is 5.16 Å². The van der Waals surface area contributed by atoms with Crippen LogP contribution < -0.4 is 0 Å². The van der Waals surface area contributed by atoms with Gasteiger partial charge < -0.3 is 5.21 Å². The number of nitrogens with zero attached hydrogens (tertiary/aromatic N) is 1. The Kier molecular flexibility index (Phi) is 2.07. The van der Waals surface area contributed by atoms with E-state index < -0.39 is 0 Å². The minimum absolute atomic E-state index is 0.750. The molecule has 2 saturated heterocycles. The van der Waals surface area contributed by atoms with Gasteiger partial charge in [-0.2, -0.15) is 0 Å². The Balaban J connectivity index is 2.12. The molecule has 2 heterocycles. The molecule has 0 aromatic carbocycles. The summed E-state index contributed by atoms with van der Waals surface area (Å²) < 4.78 is 0. The van der Waals surface area contributed by atoms with Crippen LogP contribution in [0.4, 0.5) is 0 Å². The van der Waals surface area contributed by atoms with Crippen LogP contribution in [-0.2, 0) is 0 Å². The lowest BCUT2D eigenvalue weighted by Gasteiger charge is -2.20. The molecule has 0 unspecified atom stereocenters. The Labute approximate surface area is 71.0 Å². The predicted octanol–water partition coefficient (Wildman–Crippen LogP) is 2.47. The van der Waals surface area contributed by atoms with Gasteiger partial charge in [-0.25, -0.2) is 0 Å². The molecule has 1 saturated carbocycles. The van der Waals surface area contributed by atoms with E-state index in [4.69, 9.17) is 5.21 Å². The van der Waals surface area contributed by atoms with E-state index in [1.54, 1.807) is 11.8 Å². The van der Waals surface area contributed by atoms with Crippen molar-refractivity contribution < 1.29 is 5.21 Å². The van der Waals surface area contributed by atoms with E-state index in [0.29, 0.717) is 0 Å². The van der Waals surface area contributed by atoms with Gasteiger partial charge in [0.15, 0.2) is 0 Å². The lowest BCUT2D eigenvalue weighted by molar-refractivity contribution is 0.316. The van der Waals surface area contributed by atoms with Crippen LogP contribution in [0, 0.1) is 5.92 Å². The summed E-state index contributed by atoms with van der Waals surface area (Å²) in [6.45, 7) is 0. The fraction of sp³-hybridized carbons (Fsp3) is 0.875. The van der Waals surface area contributed by atoms with Crippen LogP contribution in [0.15, 0.2) is 5.16 Å². The highest BCUT2D eigenvalue weighted by Crippen LogP contribution is 2.40. The minimum Gasteiger partial charge on any atom is -0.410 e. The first-order valence-corrected chi connectivity index (χ1v) is 5.14. The minimum atomic E-state index is 0.750. The van der Waals surface area contributed by atoms with Crippen LogP contribution in [0.2, 0.25) is 0 Å². The third-order valence-electron chi connectivity index (χ3n) is 2.67. The second-order valence-electron chi connectivity index (χ2n) is 3.46. The highest BCUT2D eigenvalue weighted by Gasteiger charge is 2.28. The van der Waals surface area contributed by atoms with Crippen molar-refractivity contribution in [1.82, 2.24) is 0 Å². The Hall–Kier alpha value is -0.180. The molecule has 2 bridgehead atoms. The SMILES string of the molecule is ON=C1CC2CCC(CC2)S1. The van der Waals surface area contributed by atoms with E-state index in [0.717, 1.165) is 22.6 Å². The van der Waals surface area contributed by atoms with Gasteiger partial charge in [0.05, 0.1) is 0 Å². The van der Waals surface area contributed by atoms with Crippen LogP contribution in [0.3, 0.4) is 0 Å². The molecule has 0 aromatic heterocycles. The second kappa shape index (κ2) is 3.05. The third-order valence-corrected chi connectivity index (χ3v) is 4.00. The Morgan fingerprint density at radius 1 is 1.27 bits per heavy atom. The molecular weight excluding hydrogens is 158 g/mol. The van der Waals surface area contributed by atoms with Gasteiger partial charge in [-0.15, -0.1) is 11.8 Å². The molecule has 0 atom stereocenters. The summed E-state index contributed by atoms with van der Waals surface area (Å²) >= 11 is 1.79. The largest absolute Gasteiger partial charge is 0.410 e. The summed E-state index contributed by atoms with van der Waals surface area (Å²) in [5.74, 6) is 0.812. The molecule has 1 aliphatic carbocycles. The van der Waals surface area contributed by atoms with Crippen LogP contribution in [-0.4, -0.2) is 15.5 Å². The van der Waals surface area contributed by atoms with Gasteiger partial charge in [-0.1, -0.05) is 5.16 Å². The molecule has 11 heavy (non-hydrogen) atoms. The van der Waals surface area contributed by atoms with E-state index in [1.165, 1.54) is 25.7 Å². The highest BCUT2D eigenvalue weighted by molar-refractivity contribution is 8.14. The molecule has 3 aliphatic rings. The molecule has 3 heteroatoms. The summed E-state index contributed by atoms with van der Waals surface area (Å²) in [5.41, 5.74) is 0. The van der Waals surface area contributed by atoms with E-state index in [1.807, 2.05) is 0 Å². The van der Waals surface area contributed by atoms with Gasteiger partial charge in [0.25, 0.3) is 0 Å². The molecule has 2 aliphatic heterocycles. The molecule has 2 nitrogen and oxygen atoms in total. The van der Waals surface area contributed by atoms with Gasteiger partial charge >= 0.3 is 0 Å². The average molecular weight is 171 g/mol. The summed E-state index contributed by atoms with van der Waals surface area (Å²) in [7, 11) is 0. The molecular formula is C8H13NOS. The molecule has 3 rings (SSSR count). The number of hydrogen-bond acceptors (Lipinski definition) is 3. The maximum atomic E-state index is 8.65. The molecule has 1 N–H and O–H groups in total. The lowest BCUT2D eigenvalue weighted by atomic mass is 9.87. The lowest BCUT2D eigenvalue weighted by Crippen LogP contribution is -2.11. The van der Waals surface area contributed by atoms with Crippen LogP contribution in [0.25, 0.3) is 0 Å². The van der Waals surface area contributed by atoms with Crippen molar-refractivity contribution in [3.05, 3.63) is 0 Å². The summed E-state index contributed by atoms with van der Waals surface area (Å²) in [6, 6.07) is 0. The summed E-state index contributed by atoms with van der Waals surface area (Å²) in [4.78, 5) is 0. The summed E-state index contributed by atoms with van der Waals surface area (Å²) in [6.07, 6.45) is 6.37. The van der Waals surface area contributed by atoms with Crippen molar-refractivity contribution in [2.75, 3.05) is 0 Å². The van der Waals surface area contributed by atoms with Crippen molar-refractivity contribution >= 4 is 16.8 Å². The van der Waals surface area contributed by atoms with Gasteiger partial charge in [0.2, 0.25) is 0 Å². The van der Waals surface area contributed by atoms with Gasteiger partial charge in [-0.05, 0) is 31.6 Å². The van der Waals surface area contributed by atoms with E-state index in [9.17, 15) is 0 Å². The normalized spacial score (nSPS) is 40.9. The molecule has 0 aromatic rings. The smallest absolute Gasteiger partial charge is 0.113 e. The number of rotatable bonds is 0. The maximum absolute atomic E-state index is 8.65. The fourth-order valence-electron chi connectivity index (χ4n) is 2.01. The molecule has 62 valence electrons. The third kappa shape index (κ3) is 1.53. The van der Waals surface area contributed by atoms with Gasteiger partial charge in [-0.3, -0.25) is 0 Å². The quantitative estimate of drug-likeness (QED) is 0.448. The monoisotopic (exact) mass is 171 g/mol. The van der Waals surface area contributed by atoms with Crippen molar-refractivity contribution in [3.8, 4) is 0 Å². The molecule has 0 spiro atoms. The van der Waals surface area contributed by atoms with Crippen molar-refractivity contribution in [2.45, 2.75) is 37.4 Å². The van der Waals surface area contributed by atoms with Gasteiger partial charge in [0, 0.05) is 11.7 Å². The Morgan fingerprint density at radius 2 is 2.00 bits per heavy atom. The molecule has 0 amide bonds. The van der Waals surface area contributed by atoms with Crippen LogP contribution >= 0.6 is 11.8 Å². The zero-order chi connectivity index (χ0) is 7.68. The molecule has 3 fully saturated rings. The number of oxime groups is 1. The maximum Gasteiger partial charge on any atom is 0.113 e. The topological polar surface area (TPSA) is 32.6 Å². The summed E-state index contributed by atoms with van der Waals surface area (Å²) in [5, 5.41) is 13.7. The Morgan fingerprint density at radius 3 is 2.64 bits per heavy atom. The number of hydrogen-bond donors (Lipinski definition) is 1. The zero-order valence-electron chi connectivity index (χ0n) is 6.49. The van der Waals surface area contributed by atoms with Gasteiger partial charge in [0.1, 0.15) is 5.04 Å². The highest BCUT2D eigenvalue weighted by atomic mass is 32.2. The average Bonchev–Trinajstić information content (AvgIpc) is 2.35. The first-order valence-electron chi connectivity index (χ1n) is 4.26. The second-order valence-corrected chi connectivity index (χ2v) is 4.83. The fourth-order valence-corrected chi connectivity index (χ4v) is 3.28. The number of thioether (sulfide) groups is 1. The Bertz CT molecular complexity index is 157. The first kappa shape index (κ1) is 7.47. The predicted molar refractivity (Wildman–Crippen MR) is 47.2 cm³/mol. The first-order chi connectivity index (χ1) is 5.38. The van der Waals surface area contributed by atoms with E-state index >= 15 is 0 Å². The number of fused-ring (bicyclic) bond motifs is 4. The van der Waals surface area contributed by atoms with Crippen molar-refractivity contribution in [3.63, 3.8) is 0 Å². The van der Waals surface area contributed by atoms with Crippen molar-refractivity contribution in [2.24, 2.45) is 11.1 Å². The van der Waals surface area contributed by atoms with Crippen LogP contribution in [0.1, 0.15) is 32.1 Å².